The zero-order valence-electron chi connectivity index (χ0n) is 20.4. The van der Waals surface area contributed by atoms with E-state index in [-0.39, 0.29) is 49.6 Å². The van der Waals surface area contributed by atoms with Crippen molar-refractivity contribution in [2.24, 2.45) is 0 Å². The molecule has 0 saturated carbocycles. The molecule has 0 aliphatic carbocycles. The molecule has 1 aliphatic rings. The number of nitrogens with one attached hydrogen (secondary N) is 2. The summed E-state index contributed by atoms with van der Waals surface area (Å²) in [7, 11) is 2.14. The molecule has 2 N–H and O–H groups in total. The van der Waals surface area contributed by atoms with E-state index in [9.17, 15) is 0 Å². The SMILES string of the molecule is Cc1n[nH]c(C)c1-c1c[c-]c(-c2nnc(N(C)C3CC(C)(C)NC(C)(C)C3)s2)cc1.[CH3-].[U+2]. The standard InChI is InChI=1S/C23H31N6S.CH3.U/c1-14-19(15(2)25-24-14)16-8-10-17(11-9-16)20-26-27-21(30-20)29(7)18-12-22(3,4)28-23(5,6)13-18;;/h8-10,18,28H,12-13H2,1-7H3,(H,24,25);1H3;/q2*-1;+2. The third-order valence-corrected chi connectivity index (χ3v) is 6.94. The van der Waals surface area contributed by atoms with Gasteiger partial charge in [-0.2, -0.15) is 10.2 Å². The summed E-state index contributed by atoms with van der Waals surface area (Å²) in [6, 6.07) is 10.0. The fourth-order valence-corrected chi connectivity index (χ4v) is 5.72. The normalized spacial score (nSPS) is 17.3. The molecule has 32 heavy (non-hydrogen) atoms. The maximum Gasteiger partial charge on any atom is 2.00 e. The third-order valence-electron chi connectivity index (χ3n) is 5.89. The minimum atomic E-state index is 0. The van der Waals surface area contributed by atoms with Crippen molar-refractivity contribution in [2.75, 3.05) is 11.9 Å². The van der Waals surface area contributed by atoms with E-state index in [1.807, 2.05) is 19.9 Å². The van der Waals surface area contributed by atoms with E-state index in [0.29, 0.717) is 6.04 Å². The van der Waals surface area contributed by atoms with Crippen molar-refractivity contribution >= 4 is 16.5 Å². The van der Waals surface area contributed by atoms with Gasteiger partial charge >= 0.3 is 31.1 Å². The van der Waals surface area contributed by atoms with Gasteiger partial charge in [0, 0.05) is 29.9 Å². The number of anilines is 1. The first-order chi connectivity index (χ1) is 14.0. The molecule has 0 atom stereocenters. The number of hydrogen-bond acceptors (Lipinski definition) is 6. The summed E-state index contributed by atoms with van der Waals surface area (Å²) in [5.41, 5.74) is 5.50. The van der Waals surface area contributed by atoms with Crippen LogP contribution < -0.4 is 10.2 Å². The Morgan fingerprint density at radius 3 is 2.28 bits per heavy atom. The van der Waals surface area contributed by atoms with E-state index in [2.05, 4.69) is 83.6 Å². The predicted molar refractivity (Wildman–Crippen MR) is 130 cm³/mol. The van der Waals surface area contributed by atoms with Crippen LogP contribution in [0, 0.1) is 58.5 Å². The van der Waals surface area contributed by atoms with Gasteiger partial charge in [-0.05, 0) is 59.9 Å². The first-order valence-corrected chi connectivity index (χ1v) is 11.3. The Labute approximate surface area is 220 Å². The molecule has 3 heterocycles. The average Bonchev–Trinajstić information content (AvgIpc) is 3.26. The Balaban J connectivity index is 0.00000181. The van der Waals surface area contributed by atoms with Crippen molar-refractivity contribution in [2.45, 2.75) is 71.5 Å². The van der Waals surface area contributed by atoms with Crippen LogP contribution >= 0.6 is 11.3 Å². The summed E-state index contributed by atoms with van der Waals surface area (Å²) < 4.78 is 0. The first kappa shape index (κ1) is 27.0. The van der Waals surface area contributed by atoms with Gasteiger partial charge in [-0.3, -0.25) is 5.10 Å². The summed E-state index contributed by atoms with van der Waals surface area (Å²) in [5, 5.41) is 21.9. The second kappa shape index (κ2) is 9.97. The van der Waals surface area contributed by atoms with Crippen molar-refractivity contribution in [3.05, 3.63) is 43.1 Å². The van der Waals surface area contributed by atoms with Gasteiger partial charge in [0.15, 0.2) is 5.13 Å². The molecule has 2 aromatic heterocycles. The monoisotopic (exact) mass is 676 g/mol. The first-order valence-electron chi connectivity index (χ1n) is 10.4. The van der Waals surface area contributed by atoms with Gasteiger partial charge in [0.2, 0.25) is 0 Å². The van der Waals surface area contributed by atoms with Gasteiger partial charge in [0.1, 0.15) is 0 Å². The van der Waals surface area contributed by atoms with Crippen LogP contribution in [0.1, 0.15) is 51.9 Å². The van der Waals surface area contributed by atoms with Crippen LogP contribution in [-0.4, -0.2) is 44.6 Å². The molecule has 1 fully saturated rings. The maximum absolute atomic E-state index is 4.50. The van der Waals surface area contributed by atoms with E-state index in [1.54, 1.807) is 11.3 Å². The number of piperidine rings is 1. The number of H-pyrrole nitrogens is 1. The number of aryl methyl sites for hydroxylation is 2. The maximum atomic E-state index is 4.50. The molecule has 4 rings (SSSR count). The van der Waals surface area contributed by atoms with Gasteiger partial charge in [-0.15, -0.1) is 46.3 Å². The van der Waals surface area contributed by atoms with Crippen molar-refractivity contribution in [3.8, 4) is 21.7 Å². The second-order valence-electron chi connectivity index (χ2n) is 9.76. The summed E-state index contributed by atoms with van der Waals surface area (Å²) in [6.45, 7) is 13.2. The van der Waals surface area contributed by atoms with E-state index >= 15 is 0 Å². The Kier molecular flexibility index (Phi) is 8.43. The van der Waals surface area contributed by atoms with Crippen LogP contribution in [0.3, 0.4) is 0 Å². The van der Waals surface area contributed by atoms with Gasteiger partial charge in [0.25, 0.3) is 0 Å². The fraction of sp³-hybridized carbons (Fsp3) is 0.500. The van der Waals surface area contributed by atoms with Gasteiger partial charge in [-0.1, -0.05) is 5.56 Å². The molecule has 0 amide bonds. The zero-order valence-corrected chi connectivity index (χ0v) is 25.4. The smallest absolute Gasteiger partial charge is 0.358 e. The Morgan fingerprint density at radius 1 is 1.09 bits per heavy atom. The molecule has 1 aliphatic heterocycles. The summed E-state index contributed by atoms with van der Waals surface area (Å²) >= 11 is 1.63. The van der Waals surface area contributed by atoms with E-state index in [1.165, 1.54) is 0 Å². The number of rotatable bonds is 4. The Morgan fingerprint density at radius 2 is 1.75 bits per heavy atom. The second-order valence-corrected chi connectivity index (χ2v) is 10.7. The van der Waals surface area contributed by atoms with Crippen LogP contribution in [0.4, 0.5) is 5.13 Å². The van der Waals surface area contributed by atoms with Crippen molar-refractivity contribution in [3.63, 3.8) is 0 Å². The van der Waals surface area contributed by atoms with Crippen molar-refractivity contribution in [1.82, 2.24) is 25.7 Å². The molecular formula is C24H34N6SU. The van der Waals surface area contributed by atoms with Crippen molar-refractivity contribution in [1.29, 1.82) is 0 Å². The van der Waals surface area contributed by atoms with Gasteiger partial charge in [-0.25, -0.2) is 0 Å². The number of hydrogen-bond donors (Lipinski definition) is 2. The topological polar surface area (TPSA) is 69.7 Å². The van der Waals surface area contributed by atoms with Crippen LogP contribution in [-0.2, 0) is 0 Å². The molecule has 1 aromatic carbocycles. The number of benzene rings is 1. The quantitative estimate of drug-likeness (QED) is 0.372. The van der Waals surface area contributed by atoms with Crippen LogP contribution in [0.2, 0.25) is 0 Å². The van der Waals surface area contributed by atoms with Gasteiger partial charge in [0.05, 0.1) is 10.7 Å². The Bertz CT molecular complexity index is 1000. The van der Waals surface area contributed by atoms with Crippen LogP contribution in [0.15, 0.2) is 18.2 Å². The minimum Gasteiger partial charge on any atom is -0.358 e. The molecule has 0 spiro atoms. The minimum absolute atomic E-state index is 0. The summed E-state index contributed by atoms with van der Waals surface area (Å²) in [6.07, 6.45) is 2.15. The molecule has 170 valence electrons. The zero-order chi connectivity index (χ0) is 21.7. The third kappa shape index (κ3) is 5.64. The molecule has 0 bridgehead atoms. The molecule has 0 unspecified atom stereocenters. The number of nitrogens with zero attached hydrogens (tertiary/aromatic N) is 4. The molecule has 8 heteroatoms. The Hall–Kier alpha value is -1.20. The van der Waals surface area contributed by atoms with E-state index < -0.39 is 0 Å². The summed E-state index contributed by atoms with van der Waals surface area (Å²) in [4.78, 5) is 2.30. The van der Waals surface area contributed by atoms with Gasteiger partial charge < -0.3 is 17.6 Å². The average molecular weight is 677 g/mol. The number of aromatic nitrogens is 4. The number of aromatic amines is 1. The van der Waals surface area contributed by atoms with Crippen LogP contribution in [0.5, 0.6) is 0 Å². The largest absolute Gasteiger partial charge is 2.00 e. The summed E-state index contributed by atoms with van der Waals surface area (Å²) in [5.74, 6) is 0. The van der Waals surface area contributed by atoms with Crippen molar-refractivity contribution < 1.29 is 31.1 Å². The molecule has 0 radical (unpaired) electrons. The fourth-order valence-electron chi connectivity index (χ4n) is 4.85. The molecule has 3 aromatic rings. The van der Waals surface area contributed by atoms with E-state index in [4.69, 9.17) is 0 Å². The predicted octanol–water partition coefficient (Wildman–Crippen LogP) is 5.21. The molecule has 1 saturated heterocycles. The van der Waals surface area contributed by atoms with E-state index in [0.717, 1.165) is 51.1 Å². The molecular weight excluding hydrogens is 642 g/mol. The molecule has 6 nitrogen and oxygen atoms in total. The van der Waals surface area contributed by atoms with Crippen LogP contribution in [0.25, 0.3) is 21.7 Å².